The van der Waals surface area contributed by atoms with Crippen LogP contribution in [0.5, 0.6) is 0 Å². The zero-order valence-electron chi connectivity index (χ0n) is 8.34. The number of carbonyl (C=O) groups excluding carboxylic acids is 2. The maximum absolute atomic E-state index is 11.7. The van der Waals surface area contributed by atoms with Crippen molar-refractivity contribution in [1.29, 1.82) is 0 Å². The predicted octanol–water partition coefficient (Wildman–Crippen LogP) is 0.466. The molecule has 4 heteroatoms. The van der Waals surface area contributed by atoms with Crippen LogP contribution in [0.25, 0.3) is 0 Å². The largest absolute Gasteiger partial charge is 0.466 e. The molecular formula is C10H15NO3. The summed E-state index contributed by atoms with van der Waals surface area (Å²) in [6.45, 7) is 2.87. The first-order valence-corrected chi connectivity index (χ1v) is 5.13. The lowest BCUT2D eigenvalue weighted by Crippen LogP contribution is -2.29. The number of ether oxygens (including phenoxy) is 1. The first-order chi connectivity index (χ1) is 6.69. The van der Waals surface area contributed by atoms with Gasteiger partial charge in [0.1, 0.15) is 0 Å². The molecule has 0 radical (unpaired) electrons. The maximum Gasteiger partial charge on any atom is 0.312 e. The van der Waals surface area contributed by atoms with Crippen molar-refractivity contribution in [2.45, 2.75) is 26.2 Å². The molecule has 0 aromatic rings. The quantitative estimate of drug-likeness (QED) is 0.669. The third-order valence-electron chi connectivity index (χ3n) is 3.23. The predicted molar refractivity (Wildman–Crippen MR) is 49.4 cm³/mol. The third-order valence-corrected chi connectivity index (χ3v) is 3.23. The molecule has 2 aliphatic rings. The third kappa shape index (κ3) is 1.38. The van der Waals surface area contributed by atoms with Crippen LogP contribution < -0.4 is 5.32 Å². The minimum atomic E-state index is -0.324. The number of hydrogen-bond acceptors (Lipinski definition) is 3. The number of amides is 1. The topological polar surface area (TPSA) is 55.4 Å². The van der Waals surface area contributed by atoms with E-state index in [1.807, 2.05) is 6.92 Å². The lowest BCUT2D eigenvalue weighted by molar-refractivity contribution is -0.151. The molecule has 2 fully saturated rings. The molecule has 0 spiro atoms. The summed E-state index contributed by atoms with van der Waals surface area (Å²) in [4.78, 5) is 22.7. The average molecular weight is 197 g/mol. The van der Waals surface area contributed by atoms with Gasteiger partial charge >= 0.3 is 5.97 Å². The highest BCUT2D eigenvalue weighted by molar-refractivity contribution is 5.84. The van der Waals surface area contributed by atoms with E-state index in [0.29, 0.717) is 19.6 Å². The molecule has 1 amide bonds. The van der Waals surface area contributed by atoms with Crippen LogP contribution in [-0.2, 0) is 14.3 Å². The SMILES string of the molecule is CCOC(=O)C1(C2CNC(=O)C2)CC1. The molecule has 0 aromatic heterocycles. The lowest BCUT2D eigenvalue weighted by atomic mass is 9.88. The maximum atomic E-state index is 11.7. The van der Waals surface area contributed by atoms with Crippen LogP contribution in [0.2, 0.25) is 0 Å². The molecule has 1 saturated heterocycles. The Morgan fingerprint density at radius 3 is 2.79 bits per heavy atom. The van der Waals surface area contributed by atoms with Crippen molar-refractivity contribution in [3.63, 3.8) is 0 Å². The molecule has 2 rings (SSSR count). The van der Waals surface area contributed by atoms with Crippen LogP contribution in [-0.4, -0.2) is 25.0 Å². The van der Waals surface area contributed by atoms with Gasteiger partial charge in [-0.25, -0.2) is 0 Å². The molecule has 0 aromatic carbocycles. The summed E-state index contributed by atoms with van der Waals surface area (Å²) >= 11 is 0. The van der Waals surface area contributed by atoms with E-state index in [2.05, 4.69) is 5.32 Å². The van der Waals surface area contributed by atoms with E-state index in [1.165, 1.54) is 0 Å². The van der Waals surface area contributed by atoms with E-state index >= 15 is 0 Å². The average Bonchev–Trinajstić information content (AvgIpc) is 2.85. The molecule has 14 heavy (non-hydrogen) atoms. The molecule has 0 bridgehead atoms. The van der Waals surface area contributed by atoms with Crippen LogP contribution in [0.3, 0.4) is 0 Å². The van der Waals surface area contributed by atoms with E-state index in [1.54, 1.807) is 0 Å². The minimum absolute atomic E-state index is 0.0607. The van der Waals surface area contributed by atoms with Gasteiger partial charge in [-0.3, -0.25) is 9.59 Å². The van der Waals surface area contributed by atoms with Gasteiger partial charge in [0.15, 0.2) is 0 Å². The van der Waals surface area contributed by atoms with Crippen molar-refractivity contribution in [1.82, 2.24) is 5.32 Å². The Morgan fingerprint density at radius 2 is 2.36 bits per heavy atom. The Hall–Kier alpha value is -1.06. The van der Waals surface area contributed by atoms with Gasteiger partial charge in [0.2, 0.25) is 5.91 Å². The molecule has 1 aliphatic heterocycles. The first-order valence-electron chi connectivity index (χ1n) is 5.13. The van der Waals surface area contributed by atoms with Gasteiger partial charge < -0.3 is 10.1 Å². The molecule has 1 N–H and O–H groups in total. The highest BCUT2D eigenvalue weighted by Crippen LogP contribution is 2.54. The second-order valence-electron chi connectivity index (χ2n) is 4.08. The van der Waals surface area contributed by atoms with Gasteiger partial charge in [0.05, 0.1) is 12.0 Å². The fourth-order valence-corrected chi connectivity index (χ4v) is 2.18. The molecule has 78 valence electrons. The number of nitrogens with one attached hydrogen (secondary N) is 1. The molecule has 1 aliphatic carbocycles. The van der Waals surface area contributed by atoms with Gasteiger partial charge in [0.25, 0.3) is 0 Å². The minimum Gasteiger partial charge on any atom is -0.466 e. The van der Waals surface area contributed by atoms with Crippen molar-refractivity contribution in [2.75, 3.05) is 13.2 Å². The van der Waals surface area contributed by atoms with Gasteiger partial charge in [-0.05, 0) is 19.8 Å². The molecular weight excluding hydrogens is 182 g/mol. The van der Waals surface area contributed by atoms with Crippen molar-refractivity contribution >= 4 is 11.9 Å². The van der Waals surface area contributed by atoms with Gasteiger partial charge in [-0.1, -0.05) is 0 Å². The highest BCUT2D eigenvalue weighted by atomic mass is 16.5. The van der Waals surface area contributed by atoms with Crippen molar-refractivity contribution in [3.05, 3.63) is 0 Å². The molecule has 1 unspecified atom stereocenters. The fourth-order valence-electron chi connectivity index (χ4n) is 2.18. The number of esters is 1. The lowest BCUT2D eigenvalue weighted by Gasteiger charge is -2.18. The van der Waals surface area contributed by atoms with Gasteiger partial charge in [-0.15, -0.1) is 0 Å². The Balaban J connectivity index is 2.02. The summed E-state index contributed by atoms with van der Waals surface area (Å²) in [5.41, 5.74) is -0.324. The Kier molecular flexibility index (Phi) is 2.21. The standard InChI is InChI=1S/C10H15NO3/c1-2-14-9(13)10(3-4-10)7-5-8(12)11-6-7/h7H,2-6H2,1H3,(H,11,12). The normalized spacial score (nSPS) is 28.4. The molecule has 4 nitrogen and oxygen atoms in total. The molecule has 1 atom stereocenters. The van der Waals surface area contributed by atoms with Gasteiger partial charge in [-0.2, -0.15) is 0 Å². The summed E-state index contributed by atoms with van der Waals surface area (Å²) in [5.74, 6) is 0.112. The highest BCUT2D eigenvalue weighted by Gasteiger charge is 2.58. The zero-order valence-corrected chi connectivity index (χ0v) is 8.34. The second kappa shape index (κ2) is 3.26. The second-order valence-corrected chi connectivity index (χ2v) is 4.08. The zero-order chi connectivity index (χ0) is 10.2. The Bertz CT molecular complexity index is 271. The molecule has 1 heterocycles. The van der Waals surface area contributed by atoms with Crippen LogP contribution in [0.15, 0.2) is 0 Å². The van der Waals surface area contributed by atoms with E-state index < -0.39 is 0 Å². The Morgan fingerprint density at radius 1 is 1.64 bits per heavy atom. The first kappa shape index (κ1) is 9.49. The fraction of sp³-hybridized carbons (Fsp3) is 0.800. The number of hydrogen-bond donors (Lipinski definition) is 1. The van der Waals surface area contributed by atoms with Crippen molar-refractivity contribution in [2.24, 2.45) is 11.3 Å². The summed E-state index contributed by atoms with van der Waals surface area (Å²) in [5, 5.41) is 2.77. The van der Waals surface area contributed by atoms with Crippen LogP contribution >= 0.6 is 0 Å². The monoisotopic (exact) mass is 197 g/mol. The summed E-state index contributed by atoms with van der Waals surface area (Å²) in [6, 6.07) is 0. The van der Waals surface area contributed by atoms with E-state index in [-0.39, 0.29) is 23.2 Å². The summed E-state index contributed by atoms with van der Waals surface area (Å²) in [6.07, 6.45) is 2.25. The van der Waals surface area contributed by atoms with Crippen molar-refractivity contribution in [3.8, 4) is 0 Å². The Labute approximate surface area is 83.0 Å². The van der Waals surface area contributed by atoms with E-state index in [9.17, 15) is 9.59 Å². The van der Waals surface area contributed by atoms with E-state index in [4.69, 9.17) is 4.74 Å². The smallest absolute Gasteiger partial charge is 0.312 e. The molecule has 1 saturated carbocycles. The van der Waals surface area contributed by atoms with Crippen molar-refractivity contribution < 1.29 is 14.3 Å². The van der Waals surface area contributed by atoms with Gasteiger partial charge in [0, 0.05) is 18.9 Å². The van der Waals surface area contributed by atoms with E-state index in [0.717, 1.165) is 12.8 Å². The number of carbonyl (C=O) groups is 2. The van der Waals surface area contributed by atoms with Crippen LogP contribution in [0.1, 0.15) is 26.2 Å². The van der Waals surface area contributed by atoms with Crippen LogP contribution in [0.4, 0.5) is 0 Å². The van der Waals surface area contributed by atoms with Crippen LogP contribution in [0, 0.1) is 11.3 Å². The summed E-state index contributed by atoms with van der Waals surface area (Å²) in [7, 11) is 0. The summed E-state index contributed by atoms with van der Waals surface area (Å²) < 4.78 is 5.04. The number of rotatable bonds is 3.